The second kappa shape index (κ2) is 10.7. The first-order valence-corrected chi connectivity index (χ1v) is 9.86. The van der Waals surface area contributed by atoms with Crippen LogP contribution in [0.1, 0.15) is 16.7 Å². The first-order valence-electron chi connectivity index (χ1n) is 9.86. The van der Waals surface area contributed by atoms with Crippen LogP contribution in [0.3, 0.4) is 0 Å². The number of nitrogens with zero attached hydrogens (tertiary/aromatic N) is 1. The van der Waals surface area contributed by atoms with Crippen LogP contribution < -0.4 is 5.48 Å². The van der Waals surface area contributed by atoms with E-state index in [-0.39, 0.29) is 6.61 Å². The van der Waals surface area contributed by atoms with Crippen LogP contribution in [0.4, 0.5) is 0 Å². The van der Waals surface area contributed by atoms with Gasteiger partial charge in [0.25, 0.3) is 5.91 Å². The third-order valence-electron chi connectivity index (χ3n) is 4.98. The van der Waals surface area contributed by atoms with Crippen molar-refractivity contribution in [1.29, 1.82) is 0 Å². The molecule has 0 aliphatic rings. The maximum Gasteiger partial charge on any atom is 0.267 e. The maximum absolute atomic E-state index is 11.1. The second-order valence-corrected chi connectivity index (χ2v) is 7.23. The second-order valence-electron chi connectivity index (χ2n) is 7.23. The van der Waals surface area contributed by atoms with Gasteiger partial charge in [0.1, 0.15) is 0 Å². The molecule has 1 amide bonds. The van der Waals surface area contributed by atoms with E-state index in [2.05, 4.69) is 16.0 Å². The molecule has 1 heterocycles. The lowest BCUT2D eigenvalue weighted by Gasteiger charge is -2.24. The van der Waals surface area contributed by atoms with Crippen molar-refractivity contribution in [1.82, 2.24) is 15.4 Å². The Balaban J connectivity index is 1.66. The minimum Gasteiger partial charge on any atom is -0.394 e. The van der Waals surface area contributed by atoms with Crippen LogP contribution >= 0.6 is 0 Å². The number of hydrogen-bond acceptors (Lipinski definition) is 5. The number of rotatable bonds is 10. The van der Waals surface area contributed by atoms with Gasteiger partial charge in [0.05, 0.1) is 12.7 Å². The monoisotopic (exact) mass is 409 g/mol. The first-order chi connectivity index (χ1) is 14.6. The van der Waals surface area contributed by atoms with E-state index in [9.17, 15) is 15.0 Å². The van der Waals surface area contributed by atoms with E-state index in [1.807, 2.05) is 48.7 Å². The van der Waals surface area contributed by atoms with Crippen LogP contribution in [-0.2, 0) is 17.8 Å². The van der Waals surface area contributed by atoms with Crippen molar-refractivity contribution >= 4 is 22.9 Å². The predicted octanol–water partition coefficient (Wildman–Crippen LogP) is 2.08. The van der Waals surface area contributed by atoms with Gasteiger partial charge in [-0.25, -0.2) is 5.48 Å². The molecule has 158 valence electrons. The minimum absolute atomic E-state index is 0.278. The van der Waals surface area contributed by atoms with E-state index >= 15 is 0 Å². The summed E-state index contributed by atoms with van der Waals surface area (Å²) < 4.78 is 0. The van der Waals surface area contributed by atoms with Gasteiger partial charge in [-0.2, -0.15) is 0 Å². The summed E-state index contributed by atoms with van der Waals surface area (Å²) in [5, 5.41) is 29.0. The lowest BCUT2D eigenvalue weighted by Crippen LogP contribution is -2.35. The maximum atomic E-state index is 11.1. The number of carbonyl (C=O) groups excluding carboxylic acids is 1. The predicted molar refractivity (Wildman–Crippen MR) is 116 cm³/mol. The summed E-state index contributed by atoms with van der Waals surface area (Å²) >= 11 is 0. The Labute approximate surface area is 175 Å². The van der Waals surface area contributed by atoms with Gasteiger partial charge in [-0.1, -0.05) is 42.5 Å². The van der Waals surface area contributed by atoms with Crippen LogP contribution in [0.5, 0.6) is 0 Å². The number of hydrogen-bond donors (Lipinski definition) is 5. The quantitative estimate of drug-likeness (QED) is 0.200. The highest BCUT2D eigenvalue weighted by atomic mass is 16.5. The molecule has 3 aromatic rings. The molecule has 1 aromatic heterocycles. The molecule has 1 atom stereocenters. The van der Waals surface area contributed by atoms with Crippen LogP contribution in [0.2, 0.25) is 0 Å². The van der Waals surface area contributed by atoms with Crippen molar-refractivity contribution in [3.63, 3.8) is 0 Å². The molecule has 7 heteroatoms. The summed E-state index contributed by atoms with van der Waals surface area (Å²) in [6, 6.07) is 15.9. The molecule has 0 bridgehead atoms. The minimum atomic E-state index is -0.799. The molecule has 0 radical (unpaired) electrons. The van der Waals surface area contributed by atoms with Crippen molar-refractivity contribution in [3.05, 3.63) is 77.5 Å². The largest absolute Gasteiger partial charge is 0.394 e. The van der Waals surface area contributed by atoms with Crippen LogP contribution in [-0.4, -0.2) is 57.0 Å². The van der Waals surface area contributed by atoms with E-state index in [4.69, 9.17) is 5.21 Å². The van der Waals surface area contributed by atoms with Gasteiger partial charge in [0.2, 0.25) is 0 Å². The van der Waals surface area contributed by atoms with E-state index in [0.29, 0.717) is 13.1 Å². The number of aliphatic hydroxyl groups excluding tert-OH is 2. The molecule has 3 rings (SSSR count). The molecule has 2 aromatic carbocycles. The summed E-state index contributed by atoms with van der Waals surface area (Å²) in [5.41, 5.74) is 5.77. The molecule has 0 saturated carbocycles. The van der Waals surface area contributed by atoms with Crippen molar-refractivity contribution in [2.75, 3.05) is 19.7 Å². The SMILES string of the molecule is O=C(/C=C/c1ccc(CN(CCc2c[nH]c3ccccc23)CC(O)CO)cc1)NO. The molecule has 7 nitrogen and oxygen atoms in total. The fourth-order valence-electron chi connectivity index (χ4n) is 3.41. The molecule has 0 fully saturated rings. The van der Waals surface area contributed by atoms with Gasteiger partial charge < -0.3 is 15.2 Å². The van der Waals surface area contributed by atoms with E-state index in [1.165, 1.54) is 17.0 Å². The third kappa shape index (κ3) is 6.01. The number of amides is 1. The number of carbonyl (C=O) groups is 1. The summed E-state index contributed by atoms with van der Waals surface area (Å²) in [6.45, 7) is 1.45. The Morgan fingerprint density at radius 2 is 1.93 bits per heavy atom. The van der Waals surface area contributed by atoms with Crippen LogP contribution in [0.25, 0.3) is 17.0 Å². The fraction of sp³-hybridized carbons (Fsp3) is 0.261. The third-order valence-corrected chi connectivity index (χ3v) is 4.98. The van der Waals surface area contributed by atoms with Gasteiger partial charge >= 0.3 is 0 Å². The molecular formula is C23H27N3O4. The van der Waals surface area contributed by atoms with E-state index in [1.54, 1.807) is 11.6 Å². The molecule has 1 unspecified atom stereocenters. The lowest BCUT2D eigenvalue weighted by molar-refractivity contribution is -0.124. The smallest absolute Gasteiger partial charge is 0.267 e. The number of para-hydroxylation sites is 1. The Morgan fingerprint density at radius 1 is 1.17 bits per heavy atom. The van der Waals surface area contributed by atoms with Gasteiger partial charge in [-0.3, -0.25) is 14.9 Å². The normalized spacial score (nSPS) is 12.7. The standard InChI is InChI=1S/C23H27N3O4/c27-16-20(28)15-26(12-11-19-13-24-22-4-2-1-3-21(19)22)14-18-7-5-17(6-8-18)9-10-23(29)25-30/h1-10,13,20,24,27-28,30H,11-12,14-16H2,(H,25,29)/b10-9+. The Bertz CT molecular complexity index is 982. The average molecular weight is 409 g/mol. The van der Waals surface area contributed by atoms with Crippen molar-refractivity contribution in [3.8, 4) is 0 Å². The van der Waals surface area contributed by atoms with Crippen molar-refractivity contribution in [2.45, 2.75) is 19.1 Å². The molecule has 0 saturated heterocycles. The average Bonchev–Trinajstić information content (AvgIpc) is 3.19. The van der Waals surface area contributed by atoms with E-state index in [0.717, 1.165) is 29.6 Å². The van der Waals surface area contributed by atoms with Crippen LogP contribution in [0, 0.1) is 0 Å². The summed E-state index contributed by atoms with van der Waals surface area (Å²) in [6.07, 6.45) is 4.90. The number of aromatic amines is 1. The zero-order chi connectivity index (χ0) is 21.3. The fourth-order valence-corrected chi connectivity index (χ4v) is 3.41. The van der Waals surface area contributed by atoms with Gasteiger partial charge in [0.15, 0.2) is 0 Å². The Hall–Kier alpha value is -2.97. The number of aliphatic hydroxyl groups is 2. The molecular weight excluding hydrogens is 382 g/mol. The number of fused-ring (bicyclic) bond motifs is 1. The number of H-pyrrole nitrogens is 1. The van der Waals surface area contributed by atoms with Gasteiger partial charge in [-0.05, 0) is 35.3 Å². The Morgan fingerprint density at radius 3 is 2.67 bits per heavy atom. The molecule has 0 aliphatic heterocycles. The van der Waals surface area contributed by atoms with Gasteiger partial charge in [0, 0.05) is 42.8 Å². The molecule has 0 spiro atoms. The highest BCUT2D eigenvalue weighted by molar-refractivity contribution is 5.90. The number of nitrogens with one attached hydrogen (secondary N) is 2. The molecule has 5 N–H and O–H groups in total. The van der Waals surface area contributed by atoms with Crippen molar-refractivity contribution < 1.29 is 20.2 Å². The highest BCUT2D eigenvalue weighted by Crippen LogP contribution is 2.19. The number of hydroxylamine groups is 1. The topological polar surface area (TPSA) is 109 Å². The zero-order valence-corrected chi connectivity index (χ0v) is 16.7. The molecule has 0 aliphatic carbocycles. The van der Waals surface area contributed by atoms with Gasteiger partial charge in [-0.15, -0.1) is 0 Å². The Kier molecular flexibility index (Phi) is 7.75. The van der Waals surface area contributed by atoms with E-state index < -0.39 is 12.0 Å². The first kappa shape index (κ1) is 21.7. The van der Waals surface area contributed by atoms with Crippen LogP contribution in [0.15, 0.2) is 60.8 Å². The lowest BCUT2D eigenvalue weighted by atomic mass is 10.1. The summed E-state index contributed by atoms with van der Waals surface area (Å²) in [4.78, 5) is 16.5. The summed E-state index contributed by atoms with van der Waals surface area (Å²) in [5.74, 6) is -0.583. The van der Waals surface area contributed by atoms with Crippen molar-refractivity contribution in [2.24, 2.45) is 0 Å². The molecule has 30 heavy (non-hydrogen) atoms. The number of aromatic nitrogens is 1. The number of benzene rings is 2. The zero-order valence-electron chi connectivity index (χ0n) is 16.7. The summed E-state index contributed by atoms with van der Waals surface area (Å²) in [7, 11) is 0. The highest BCUT2D eigenvalue weighted by Gasteiger charge is 2.13.